The summed E-state index contributed by atoms with van der Waals surface area (Å²) < 4.78 is 102. The van der Waals surface area contributed by atoms with Gasteiger partial charge in [0.15, 0.2) is 5.60 Å². The Labute approximate surface area is 210 Å². The van der Waals surface area contributed by atoms with Crippen LogP contribution >= 0.6 is 0 Å². The Balaban J connectivity index is 1.60. The van der Waals surface area contributed by atoms with E-state index in [1.807, 2.05) is 0 Å². The van der Waals surface area contributed by atoms with E-state index in [1.54, 1.807) is 0 Å². The normalized spacial score (nSPS) is 13.8. The van der Waals surface area contributed by atoms with Crippen LogP contribution in [0.4, 0.5) is 30.7 Å². The third kappa shape index (κ3) is 5.74. The summed E-state index contributed by atoms with van der Waals surface area (Å²) >= 11 is 0. The van der Waals surface area contributed by atoms with Gasteiger partial charge in [-0.1, -0.05) is 18.2 Å². The van der Waals surface area contributed by atoms with Gasteiger partial charge in [-0.3, -0.25) is 4.98 Å². The van der Waals surface area contributed by atoms with E-state index in [0.29, 0.717) is 23.3 Å². The Morgan fingerprint density at radius 1 is 0.895 bits per heavy atom. The molecule has 0 fully saturated rings. The second-order valence-corrected chi connectivity index (χ2v) is 8.24. The van der Waals surface area contributed by atoms with Crippen molar-refractivity contribution in [3.8, 4) is 16.9 Å². The lowest BCUT2D eigenvalue weighted by Crippen LogP contribution is -2.48. The van der Waals surface area contributed by atoms with Gasteiger partial charge in [-0.15, -0.1) is 5.10 Å². The molecule has 1 atom stereocenters. The number of nitrogens with zero attached hydrogens (tertiary/aromatic N) is 5. The van der Waals surface area contributed by atoms with Crippen molar-refractivity contribution in [2.24, 2.45) is 0 Å². The van der Waals surface area contributed by atoms with Crippen LogP contribution in [0.2, 0.25) is 0 Å². The van der Waals surface area contributed by atoms with Gasteiger partial charge in [0, 0.05) is 23.4 Å². The Kier molecular flexibility index (Phi) is 7.35. The monoisotopic (exact) mass is 541 g/mol. The summed E-state index contributed by atoms with van der Waals surface area (Å²) in [5, 5.41) is 21.3. The molecule has 0 radical (unpaired) electrons. The van der Waals surface area contributed by atoms with Crippen LogP contribution in [-0.4, -0.2) is 43.1 Å². The number of aliphatic hydroxyl groups is 1. The van der Waals surface area contributed by atoms with Crippen LogP contribution in [0.25, 0.3) is 11.1 Å². The maximum atomic E-state index is 15.8. The molecule has 2 aromatic carbocycles. The van der Waals surface area contributed by atoms with E-state index in [1.165, 1.54) is 30.3 Å². The second-order valence-electron chi connectivity index (χ2n) is 8.24. The first-order valence-electron chi connectivity index (χ1n) is 10.9. The lowest BCUT2D eigenvalue weighted by Gasteiger charge is -2.35. The predicted octanol–water partition coefficient (Wildman–Crippen LogP) is 5.02. The lowest BCUT2D eigenvalue weighted by molar-refractivity contribution is -0.207. The van der Waals surface area contributed by atoms with Crippen LogP contribution in [0, 0.1) is 11.6 Å². The van der Waals surface area contributed by atoms with Crippen LogP contribution in [-0.2, 0) is 18.1 Å². The summed E-state index contributed by atoms with van der Waals surface area (Å²) in [5.41, 5.74) is -4.24. The minimum Gasteiger partial charge on any atom is -0.493 e. The van der Waals surface area contributed by atoms with Crippen LogP contribution in [0.1, 0.15) is 17.7 Å². The van der Waals surface area contributed by atoms with E-state index < -0.39 is 60.2 Å². The highest BCUT2D eigenvalue weighted by molar-refractivity contribution is 5.63. The fraction of sp³-hybridized carbons (Fsp3) is 0.250. The lowest BCUT2D eigenvalue weighted by atomic mass is 9.84. The van der Waals surface area contributed by atoms with E-state index in [2.05, 4.69) is 20.5 Å². The van der Waals surface area contributed by atoms with Gasteiger partial charge in [0.25, 0.3) is 0 Å². The summed E-state index contributed by atoms with van der Waals surface area (Å²) in [6.07, 6.45) is -3.44. The summed E-state index contributed by atoms with van der Waals surface area (Å²) in [4.78, 5) is 3.77. The topological polar surface area (TPSA) is 86.0 Å². The van der Waals surface area contributed by atoms with E-state index in [4.69, 9.17) is 4.74 Å². The molecule has 2 aromatic heterocycles. The molecule has 0 spiro atoms. The zero-order valence-corrected chi connectivity index (χ0v) is 19.2. The van der Waals surface area contributed by atoms with Crippen molar-refractivity contribution < 1.29 is 40.6 Å². The van der Waals surface area contributed by atoms with Crippen molar-refractivity contribution in [3.05, 3.63) is 90.0 Å². The van der Waals surface area contributed by atoms with Crippen molar-refractivity contribution in [2.45, 2.75) is 30.7 Å². The average Bonchev–Trinajstić information content (AvgIpc) is 3.36. The molecular weight excluding hydrogens is 523 g/mol. The number of rotatable bonds is 9. The SMILES string of the molecule is OC(Cn1cnnn1)(c1ccc(F)cc1F)C(F)(F)c1ccc(-c2ccc(OCCC(F)(F)F)cc2)cn1. The molecule has 7 nitrogen and oxygen atoms in total. The largest absolute Gasteiger partial charge is 0.493 e. The number of hydrogen-bond donors (Lipinski definition) is 1. The maximum Gasteiger partial charge on any atom is 0.392 e. The number of alkyl halides is 5. The van der Waals surface area contributed by atoms with Gasteiger partial charge in [0.05, 0.1) is 19.6 Å². The first-order valence-corrected chi connectivity index (χ1v) is 10.9. The molecule has 0 amide bonds. The molecule has 1 unspecified atom stereocenters. The molecule has 0 saturated carbocycles. The van der Waals surface area contributed by atoms with E-state index in [-0.39, 0.29) is 5.75 Å². The van der Waals surface area contributed by atoms with Gasteiger partial charge < -0.3 is 9.84 Å². The Bertz CT molecular complexity index is 1360. The highest BCUT2D eigenvalue weighted by Gasteiger charge is 2.58. The summed E-state index contributed by atoms with van der Waals surface area (Å²) in [6.45, 7) is -1.55. The standard InChI is InChI=1S/C24H18F7N5O2/c25-17-4-7-19(20(26)11-17)22(37,13-36-14-33-34-35-36)24(30,31)21-8-3-16(12-32-21)15-1-5-18(6-2-15)38-10-9-23(27,28)29/h1-8,11-12,14,37H,9-10,13H2. The van der Waals surface area contributed by atoms with Crippen LogP contribution < -0.4 is 4.74 Å². The Morgan fingerprint density at radius 2 is 1.61 bits per heavy atom. The number of tetrazole rings is 1. The van der Waals surface area contributed by atoms with Crippen LogP contribution in [0.15, 0.2) is 67.1 Å². The first-order chi connectivity index (χ1) is 17.9. The quantitative estimate of drug-likeness (QED) is 0.300. The van der Waals surface area contributed by atoms with E-state index in [9.17, 15) is 27.1 Å². The van der Waals surface area contributed by atoms with Gasteiger partial charge in [0.2, 0.25) is 0 Å². The Hall–Kier alpha value is -4.07. The highest BCUT2D eigenvalue weighted by atomic mass is 19.4. The molecule has 0 aliphatic heterocycles. The molecule has 14 heteroatoms. The average molecular weight is 541 g/mol. The second kappa shape index (κ2) is 10.4. The Morgan fingerprint density at radius 3 is 2.18 bits per heavy atom. The van der Waals surface area contributed by atoms with E-state index >= 15 is 8.78 Å². The predicted molar refractivity (Wildman–Crippen MR) is 118 cm³/mol. The molecule has 200 valence electrons. The zero-order chi connectivity index (χ0) is 27.6. The van der Waals surface area contributed by atoms with Gasteiger partial charge in [-0.05, 0) is 46.3 Å². The van der Waals surface area contributed by atoms with E-state index in [0.717, 1.165) is 29.3 Å². The van der Waals surface area contributed by atoms with Gasteiger partial charge in [-0.25, -0.2) is 13.5 Å². The van der Waals surface area contributed by atoms with Gasteiger partial charge in [0.1, 0.15) is 29.4 Å². The molecular formula is C24H18F7N5O2. The van der Waals surface area contributed by atoms with Crippen molar-refractivity contribution in [1.82, 2.24) is 25.2 Å². The highest BCUT2D eigenvalue weighted by Crippen LogP contribution is 2.46. The number of ether oxygens (including phenoxy) is 1. The molecule has 1 N–H and O–H groups in total. The molecule has 38 heavy (non-hydrogen) atoms. The molecule has 2 heterocycles. The maximum absolute atomic E-state index is 15.8. The van der Waals surface area contributed by atoms with Crippen LogP contribution in [0.3, 0.4) is 0 Å². The summed E-state index contributed by atoms with van der Waals surface area (Å²) in [6, 6.07) is 9.82. The number of pyridine rings is 1. The number of aromatic nitrogens is 5. The third-order valence-corrected chi connectivity index (χ3v) is 5.61. The minimum atomic E-state index is -4.35. The molecule has 0 aliphatic carbocycles. The summed E-state index contributed by atoms with van der Waals surface area (Å²) in [5.74, 6) is -6.47. The first kappa shape index (κ1) is 27.0. The van der Waals surface area contributed by atoms with Crippen molar-refractivity contribution >= 4 is 0 Å². The number of halogens is 7. The summed E-state index contributed by atoms with van der Waals surface area (Å²) in [7, 11) is 0. The molecule has 4 rings (SSSR count). The molecule has 0 saturated heterocycles. The smallest absolute Gasteiger partial charge is 0.392 e. The number of hydrogen-bond acceptors (Lipinski definition) is 6. The molecule has 0 bridgehead atoms. The number of benzene rings is 2. The molecule has 4 aromatic rings. The van der Waals surface area contributed by atoms with Crippen molar-refractivity contribution in [3.63, 3.8) is 0 Å². The van der Waals surface area contributed by atoms with Gasteiger partial charge >= 0.3 is 12.1 Å². The van der Waals surface area contributed by atoms with Gasteiger partial charge in [-0.2, -0.15) is 22.0 Å². The minimum absolute atomic E-state index is 0.183. The van der Waals surface area contributed by atoms with Crippen LogP contribution in [0.5, 0.6) is 5.75 Å². The zero-order valence-electron chi connectivity index (χ0n) is 19.2. The fourth-order valence-electron chi connectivity index (χ4n) is 3.66. The third-order valence-electron chi connectivity index (χ3n) is 5.61. The van der Waals surface area contributed by atoms with Crippen molar-refractivity contribution in [1.29, 1.82) is 0 Å². The fourth-order valence-corrected chi connectivity index (χ4v) is 3.66. The molecule has 0 aliphatic rings. The van der Waals surface area contributed by atoms with Crippen molar-refractivity contribution in [2.75, 3.05) is 6.61 Å².